The lowest BCUT2D eigenvalue weighted by atomic mass is 9.82. The molecule has 1 saturated carbocycles. The van der Waals surface area contributed by atoms with Crippen molar-refractivity contribution in [3.8, 4) is 5.75 Å². The summed E-state index contributed by atoms with van der Waals surface area (Å²) in [4.78, 5) is 16.9. The van der Waals surface area contributed by atoms with Crippen LogP contribution in [0.3, 0.4) is 0 Å². The van der Waals surface area contributed by atoms with Gasteiger partial charge in [-0.05, 0) is 80.5 Å². The molecule has 1 fully saturated rings. The molecule has 1 unspecified atom stereocenters. The average Bonchev–Trinajstić information content (AvgIpc) is 2.85. The number of pyridine rings is 1. The molecule has 1 heterocycles. The summed E-state index contributed by atoms with van der Waals surface area (Å²) in [7, 11) is -2.45. The molecule has 1 aliphatic rings. The molecule has 180 valence electrons. The number of carbonyl (C=O) groups excluding carboxylic acids is 1. The molecule has 0 bridgehead atoms. The zero-order valence-corrected chi connectivity index (χ0v) is 19.7. The fourth-order valence-corrected chi connectivity index (χ4v) is 5.93. The Labute approximate surface area is 194 Å². The van der Waals surface area contributed by atoms with Gasteiger partial charge in [0.05, 0.1) is 17.6 Å². The number of hydrogen-bond donors (Lipinski definition) is 2. The number of nitrogens with one attached hydrogen (secondary N) is 1. The Bertz CT molecular complexity index is 993. The van der Waals surface area contributed by atoms with Gasteiger partial charge in [-0.15, -0.1) is 0 Å². The molecule has 1 aliphatic carbocycles. The van der Waals surface area contributed by atoms with Crippen LogP contribution in [0.5, 0.6) is 5.75 Å². The molecule has 0 aliphatic heterocycles. The standard InChI is InChI=1S/C23H31N3O6S/c1-3-32-20-8-10-21(11-9-20)33(29,30)26(16-17-12-14-24-15-13-17)22(23(27)25-28)18-4-6-19(31-2)7-5-18/h8-15,18-19,22,28H,3-7,16H2,1-2H3,(H,25,27). The van der Waals surface area contributed by atoms with Crippen LogP contribution in [0.25, 0.3) is 0 Å². The van der Waals surface area contributed by atoms with E-state index in [4.69, 9.17) is 9.47 Å². The highest BCUT2D eigenvalue weighted by atomic mass is 32.2. The highest BCUT2D eigenvalue weighted by Crippen LogP contribution is 2.34. The van der Waals surface area contributed by atoms with E-state index >= 15 is 0 Å². The topological polar surface area (TPSA) is 118 Å². The van der Waals surface area contributed by atoms with Gasteiger partial charge in [0.1, 0.15) is 11.8 Å². The van der Waals surface area contributed by atoms with Crippen LogP contribution in [0.1, 0.15) is 38.2 Å². The summed E-state index contributed by atoms with van der Waals surface area (Å²) in [5.74, 6) is -0.470. The van der Waals surface area contributed by atoms with Gasteiger partial charge in [-0.1, -0.05) is 0 Å². The third-order valence-corrected chi connectivity index (χ3v) is 7.86. The molecular weight excluding hydrogens is 446 g/mol. The van der Waals surface area contributed by atoms with E-state index in [1.807, 2.05) is 6.92 Å². The summed E-state index contributed by atoms with van der Waals surface area (Å²) < 4.78 is 39.7. The van der Waals surface area contributed by atoms with Crippen LogP contribution in [0.4, 0.5) is 0 Å². The largest absolute Gasteiger partial charge is 0.494 e. The van der Waals surface area contributed by atoms with Crippen LogP contribution in [-0.4, -0.2) is 54.7 Å². The Hall–Kier alpha value is -2.53. The van der Waals surface area contributed by atoms with Gasteiger partial charge in [-0.2, -0.15) is 4.31 Å². The second kappa shape index (κ2) is 11.6. The SMILES string of the molecule is CCOc1ccc(S(=O)(=O)N(Cc2ccncc2)C(C(=O)NO)C2CCC(OC)CC2)cc1. The van der Waals surface area contributed by atoms with Crippen LogP contribution in [0.2, 0.25) is 0 Å². The number of hydroxylamine groups is 1. The van der Waals surface area contributed by atoms with Crippen molar-refractivity contribution in [1.29, 1.82) is 0 Å². The molecular formula is C23H31N3O6S. The molecule has 2 N–H and O–H groups in total. The van der Waals surface area contributed by atoms with Gasteiger partial charge in [0.25, 0.3) is 5.91 Å². The maximum atomic E-state index is 13.8. The number of hydrogen-bond acceptors (Lipinski definition) is 7. The van der Waals surface area contributed by atoms with Gasteiger partial charge in [-0.3, -0.25) is 15.0 Å². The first kappa shape index (κ1) is 25.1. The average molecular weight is 478 g/mol. The van der Waals surface area contributed by atoms with Crippen molar-refractivity contribution in [2.45, 2.75) is 56.2 Å². The lowest BCUT2D eigenvalue weighted by Gasteiger charge is -2.38. The highest BCUT2D eigenvalue weighted by Gasteiger charge is 2.42. The minimum atomic E-state index is -4.10. The number of aromatic nitrogens is 1. The smallest absolute Gasteiger partial charge is 0.262 e. The first-order valence-corrected chi connectivity index (χ1v) is 12.4. The number of methoxy groups -OCH3 is 1. The van der Waals surface area contributed by atoms with Gasteiger partial charge in [0, 0.05) is 26.0 Å². The Morgan fingerprint density at radius 1 is 1.15 bits per heavy atom. The molecule has 1 aromatic carbocycles. The van der Waals surface area contributed by atoms with Crippen molar-refractivity contribution in [3.63, 3.8) is 0 Å². The second-order valence-electron chi connectivity index (χ2n) is 8.00. The first-order valence-electron chi connectivity index (χ1n) is 11.0. The van der Waals surface area contributed by atoms with E-state index in [1.165, 1.54) is 16.4 Å². The molecule has 1 atom stereocenters. The second-order valence-corrected chi connectivity index (χ2v) is 9.89. The quantitative estimate of drug-likeness (QED) is 0.399. The van der Waals surface area contributed by atoms with Crippen molar-refractivity contribution in [3.05, 3.63) is 54.4 Å². The Kier molecular flexibility index (Phi) is 8.79. The number of nitrogens with zero attached hydrogens (tertiary/aromatic N) is 2. The van der Waals surface area contributed by atoms with Gasteiger partial charge in [0.2, 0.25) is 10.0 Å². The Balaban J connectivity index is 2.01. The lowest BCUT2D eigenvalue weighted by Crippen LogP contribution is -2.53. The molecule has 2 aromatic rings. The molecule has 1 amide bonds. The molecule has 0 spiro atoms. The van der Waals surface area contributed by atoms with E-state index in [2.05, 4.69) is 4.98 Å². The molecule has 1 aromatic heterocycles. The molecule has 0 saturated heterocycles. The number of amides is 1. The summed E-state index contributed by atoms with van der Waals surface area (Å²) in [6.07, 6.45) is 5.84. The van der Waals surface area contributed by atoms with Gasteiger partial charge >= 0.3 is 0 Å². The molecule has 0 radical (unpaired) electrons. The molecule has 9 nitrogen and oxygen atoms in total. The summed E-state index contributed by atoms with van der Waals surface area (Å²) in [6, 6.07) is 8.44. The van der Waals surface area contributed by atoms with E-state index in [0.29, 0.717) is 43.6 Å². The first-order chi connectivity index (χ1) is 15.9. The molecule has 3 rings (SSSR count). The van der Waals surface area contributed by atoms with Gasteiger partial charge < -0.3 is 9.47 Å². The zero-order chi connectivity index (χ0) is 23.8. The Morgan fingerprint density at radius 3 is 2.33 bits per heavy atom. The van der Waals surface area contributed by atoms with E-state index in [1.54, 1.807) is 49.2 Å². The van der Waals surface area contributed by atoms with Gasteiger partial charge in [-0.25, -0.2) is 13.9 Å². The fraction of sp³-hybridized carbons (Fsp3) is 0.478. The van der Waals surface area contributed by atoms with Crippen LogP contribution in [-0.2, 0) is 26.1 Å². The number of ether oxygens (including phenoxy) is 2. The number of rotatable bonds is 10. The van der Waals surface area contributed by atoms with E-state index in [-0.39, 0.29) is 23.5 Å². The van der Waals surface area contributed by atoms with Gasteiger partial charge in [0.15, 0.2) is 0 Å². The van der Waals surface area contributed by atoms with Crippen molar-refractivity contribution >= 4 is 15.9 Å². The summed E-state index contributed by atoms with van der Waals surface area (Å²) in [5.41, 5.74) is 2.38. The minimum absolute atomic E-state index is 0.0413. The molecule has 33 heavy (non-hydrogen) atoms. The van der Waals surface area contributed by atoms with Crippen molar-refractivity contribution in [2.75, 3.05) is 13.7 Å². The van der Waals surface area contributed by atoms with Crippen LogP contribution in [0, 0.1) is 5.92 Å². The van der Waals surface area contributed by atoms with Crippen molar-refractivity contribution < 1.29 is 27.9 Å². The molecule has 10 heteroatoms. The minimum Gasteiger partial charge on any atom is -0.494 e. The van der Waals surface area contributed by atoms with Crippen molar-refractivity contribution in [2.24, 2.45) is 5.92 Å². The van der Waals surface area contributed by atoms with E-state index in [9.17, 15) is 18.4 Å². The highest BCUT2D eigenvalue weighted by molar-refractivity contribution is 7.89. The van der Waals surface area contributed by atoms with Crippen LogP contribution < -0.4 is 10.2 Å². The maximum absolute atomic E-state index is 13.8. The monoisotopic (exact) mass is 477 g/mol. The third-order valence-electron chi connectivity index (χ3n) is 6.02. The predicted octanol–water partition coefficient (Wildman–Crippen LogP) is 2.75. The van der Waals surface area contributed by atoms with E-state index in [0.717, 1.165) is 0 Å². The van der Waals surface area contributed by atoms with Crippen molar-refractivity contribution in [1.82, 2.24) is 14.8 Å². The van der Waals surface area contributed by atoms with Crippen LogP contribution in [0.15, 0.2) is 53.7 Å². The maximum Gasteiger partial charge on any atom is 0.262 e. The number of sulfonamides is 1. The third kappa shape index (κ3) is 6.08. The zero-order valence-electron chi connectivity index (χ0n) is 18.9. The summed E-state index contributed by atoms with van der Waals surface area (Å²) in [5, 5.41) is 9.51. The normalized spacial score (nSPS) is 19.8. The summed E-state index contributed by atoms with van der Waals surface area (Å²) >= 11 is 0. The van der Waals surface area contributed by atoms with E-state index < -0.39 is 22.0 Å². The lowest BCUT2D eigenvalue weighted by molar-refractivity contribution is -0.136. The summed E-state index contributed by atoms with van der Waals surface area (Å²) in [6.45, 7) is 2.26. The number of carbonyl (C=O) groups is 1. The fourth-order valence-electron chi connectivity index (χ4n) is 4.30. The Morgan fingerprint density at radius 2 is 1.79 bits per heavy atom. The number of benzene rings is 1. The van der Waals surface area contributed by atoms with Crippen LogP contribution >= 0.6 is 0 Å². The predicted molar refractivity (Wildman–Crippen MR) is 121 cm³/mol.